The van der Waals surface area contributed by atoms with Crippen LogP contribution in [0.25, 0.3) is 0 Å². The minimum atomic E-state index is -3.89. The van der Waals surface area contributed by atoms with Crippen LogP contribution in [0.5, 0.6) is 0 Å². The predicted molar refractivity (Wildman–Crippen MR) is 82.8 cm³/mol. The highest BCUT2D eigenvalue weighted by atomic mass is 32.2. The predicted octanol–water partition coefficient (Wildman–Crippen LogP) is 3.29. The van der Waals surface area contributed by atoms with Crippen molar-refractivity contribution >= 4 is 10.0 Å². The first-order valence-corrected chi connectivity index (χ1v) is 9.20. The molecule has 23 heavy (non-hydrogen) atoms. The molecule has 0 aliphatic carbocycles. The van der Waals surface area contributed by atoms with Gasteiger partial charge in [-0.2, -0.15) is 4.31 Å². The molecule has 0 radical (unpaired) electrons. The largest absolute Gasteiger partial charge is 0.361 e. The molecular weight excluding hydrogens is 319 g/mol. The van der Waals surface area contributed by atoms with Crippen molar-refractivity contribution < 1.29 is 17.3 Å². The second-order valence-electron chi connectivity index (χ2n) is 5.67. The Kier molecular flexibility index (Phi) is 4.50. The molecule has 0 saturated carbocycles. The summed E-state index contributed by atoms with van der Waals surface area (Å²) in [6.45, 7) is 2.39. The van der Waals surface area contributed by atoms with E-state index < -0.39 is 21.9 Å². The van der Waals surface area contributed by atoms with E-state index >= 15 is 0 Å². The third kappa shape index (κ3) is 3.03. The van der Waals surface area contributed by atoms with Crippen LogP contribution in [0.15, 0.2) is 39.8 Å². The van der Waals surface area contributed by atoms with Crippen molar-refractivity contribution in [3.05, 3.63) is 47.6 Å². The van der Waals surface area contributed by atoms with Gasteiger partial charge in [-0.05, 0) is 31.4 Å². The van der Waals surface area contributed by atoms with Gasteiger partial charge in [0.05, 0.1) is 6.04 Å². The molecule has 1 fully saturated rings. The topological polar surface area (TPSA) is 63.4 Å². The number of hydrogen-bond donors (Lipinski definition) is 0. The Morgan fingerprint density at radius 2 is 2.17 bits per heavy atom. The standard InChI is InChI=1S/C16H19FN2O3S/c1-2-6-12-11-14(18-22-12)15-8-5-10-19(15)23(20,21)16-9-4-3-7-13(16)17/h3-4,7,9,11,15H,2,5-6,8,10H2,1H3. The molecule has 0 N–H and O–H groups in total. The summed E-state index contributed by atoms with van der Waals surface area (Å²) < 4.78 is 46.1. The van der Waals surface area contributed by atoms with Crippen molar-refractivity contribution in [3.63, 3.8) is 0 Å². The fraction of sp³-hybridized carbons (Fsp3) is 0.438. The van der Waals surface area contributed by atoms with Gasteiger partial charge in [-0.15, -0.1) is 0 Å². The van der Waals surface area contributed by atoms with Crippen LogP contribution in [-0.2, 0) is 16.4 Å². The minimum absolute atomic E-state index is 0.288. The normalized spacial score (nSPS) is 19.3. The fourth-order valence-corrected chi connectivity index (χ4v) is 4.69. The highest BCUT2D eigenvalue weighted by Gasteiger charge is 2.38. The van der Waals surface area contributed by atoms with Gasteiger partial charge in [0.25, 0.3) is 0 Å². The summed E-state index contributed by atoms with van der Waals surface area (Å²) in [6, 6.07) is 6.87. The number of hydrogen-bond acceptors (Lipinski definition) is 4. The maximum Gasteiger partial charge on any atom is 0.246 e. The Labute approximate surface area is 135 Å². The second kappa shape index (κ2) is 6.41. The summed E-state index contributed by atoms with van der Waals surface area (Å²) >= 11 is 0. The molecule has 2 heterocycles. The molecule has 1 aliphatic rings. The van der Waals surface area contributed by atoms with Crippen LogP contribution in [0.3, 0.4) is 0 Å². The van der Waals surface area contributed by atoms with Crippen molar-refractivity contribution in [2.75, 3.05) is 6.54 Å². The molecule has 3 rings (SSSR count). The maximum absolute atomic E-state index is 13.9. The van der Waals surface area contributed by atoms with Crippen LogP contribution in [0.1, 0.15) is 43.7 Å². The minimum Gasteiger partial charge on any atom is -0.361 e. The molecule has 124 valence electrons. The lowest BCUT2D eigenvalue weighted by Gasteiger charge is -2.22. The van der Waals surface area contributed by atoms with Gasteiger partial charge >= 0.3 is 0 Å². The van der Waals surface area contributed by atoms with Gasteiger partial charge in [-0.25, -0.2) is 12.8 Å². The highest BCUT2D eigenvalue weighted by molar-refractivity contribution is 7.89. The van der Waals surface area contributed by atoms with E-state index in [1.165, 1.54) is 22.5 Å². The molecule has 0 amide bonds. The van der Waals surface area contributed by atoms with Crippen molar-refractivity contribution in [2.45, 2.75) is 43.5 Å². The molecule has 1 aromatic heterocycles. The number of halogens is 1. The molecular formula is C16H19FN2O3S. The van der Waals surface area contributed by atoms with E-state index in [0.29, 0.717) is 25.1 Å². The molecule has 0 bridgehead atoms. The maximum atomic E-state index is 13.9. The van der Waals surface area contributed by atoms with Crippen LogP contribution >= 0.6 is 0 Å². The van der Waals surface area contributed by atoms with E-state index in [4.69, 9.17) is 4.52 Å². The SMILES string of the molecule is CCCc1cc(C2CCCN2S(=O)(=O)c2ccccc2F)no1. The van der Waals surface area contributed by atoms with Crippen molar-refractivity contribution in [3.8, 4) is 0 Å². The number of nitrogens with zero attached hydrogens (tertiary/aromatic N) is 2. The third-order valence-corrected chi connectivity index (χ3v) is 5.98. The molecule has 1 atom stereocenters. The monoisotopic (exact) mass is 338 g/mol. The first-order chi connectivity index (χ1) is 11.0. The Bertz CT molecular complexity index is 788. The van der Waals surface area contributed by atoms with Crippen molar-refractivity contribution in [1.29, 1.82) is 0 Å². The van der Waals surface area contributed by atoms with Crippen LogP contribution in [0, 0.1) is 5.82 Å². The lowest BCUT2D eigenvalue weighted by Crippen LogP contribution is -2.31. The van der Waals surface area contributed by atoms with Gasteiger partial charge in [0.2, 0.25) is 10.0 Å². The molecule has 1 aliphatic heterocycles. The molecule has 7 heteroatoms. The van der Waals surface area contributed by atoms with Crippen LogP contribution < -0.4 is 0 Å². The highest BCUT2D eigenvalue weighted by Crippen LogP contribution is 2.36. The number of rotatable bonds is 5. The van der Waals surface area contributed by atoms with Gasteiger partial charge in [-0.1, -0.05) is 24.2 Å². The summed E-state index contributed by atoms with van der Waals surface area (Å²) in [5.41, 5.74) is 0.603. The molecule has 0 spiro atoms. The van der Waals surface area contributed by atoms with E-state index in [9.17, 15) is 12.8 Å². The van der Waals surface area contributed by atoms with E-state index in [1.54, 1.807) is 0 Å². The average molecular weight is 338 g/mol. The summed E-state index contributed by atoms with van der Waals surface area (Å²) in [4.78, 5) is -0.288. The van der Waals surface area contributed by atoms with Crippen molar-refractivity contribution in [2.24, 2.45) is 0 Å². The Balaban J connectivity index is 1.93. The quantitative estimate of drug-likeness (QED) is 0.839. The fourth-order valence-electron chi connectivity index (χ4n) is 2.95. The molecule has 1 unspecified atom stereocenters. The van der Waals surface area contributed by atoms with Crippen LogP contribution in [0.4, 0.5) is 4.39 Å². The van der Waals surface area contributed by atoms with Gasteiger partial charge in [-0.3, -0.25) is 0 Å². The van der Waals surface area contributed by atoms with E-state index in [2.05, 4.69) is 5.16 Å². The molecule has 5 nitrogen and oxygen atoms in total. The number of aromatic nitrogens is 1. The Morgan fingerprint density at radius 3 is 2.91 bits per heavy atom. The molecule has 2 aromatic rings. The zero-order valence-corrected chi connectivity index (χ0v) is 13.7. The molecule has 1 aromatic carbocycles. The summed E-state index contributed by atoms with van der Waals surface area (Å²) in [5, 5.41) is 4.02. The number of sulfonamides is 1. The first kappa shape index (κ1) is 16.1. The summed E-state index contributed by atoms with van der Waals surface area (Å²) in [5.74, 6) is 0.0163. The van der Waals surface area contributed by atoms with E-state index in [1.807, 2.05) is 13.0 Å². The Hall–Kier alpha value is -1.73. The van der Waals surface area contributed by atoms with Gasteiger partial charge in [0.1, 0.15) is 22.2 Å². The smallest absolute Gasteiger partial charge is 0.246 e. The van der Waals surface area contributed by atoms with E-state index in [0.717, 1.165) is 24.7 Å². The molecule has 1 saturated heterocycles. The van der Waals surface area contributed by atoms with Crippen LogP contribution in [-0.4, -0.2) is 24.4 Å². The van der Waals surface area contributed by atoms with Gasteiger partial charge in [0, 0.05) is 19.0 Å². The van der Waals surface area contributed by atoms with Crippen molar-refractivity contribution in [1.82, 2.24) is 9.46 Å². The zero-order chi connectivity index (χ0) is 16.4. The summed E-state index contributed by atoms with van der Waals surface area (Å²) in [7, 11) is -3.89. The summed E-state index contributed by atoms with van der Waals surface area (Å²) in [6.07, 6.45) is 3.07. The number of benzene rings is 1. The average Bonchev–Trinajstić information content (AvgIpc) is 3.16. The lowest BCUT2D eigenvalue weighted by atomic mass is 10.1. The van der Waals surface area contributed by atoms with Crippen LogP contribution in [0.2, 0.25) is 0 Å². The zero-order valence-electron chi connectivity index (χ0n) is 12.9. The van der Waals surface area contributed by atoms with Gasteiger partial charge in [0.15, 0.2) is 0 Å². The Morgan fingerprint density at radius 1 is 1.39 bits per heavy atom. The third-order valence-electron chi connectivity index (χ3n) is 4.04. The second-order valence-corrected chi connectivity index (χ2v) is 7.53. The lowest BCUT2D eigenvalue weighted by molar-refractivity contribution is 0.343. The number of aryl methyl sites for hydroxylation is 1. The van der Waals surface area contributed by atoms with E-state index in [-0.39, 0.29) is 4.90 Å². The van der Waals surface area contributed by atoms with Gasteiger partial charge < -0.3 is 4.52 Å². The first-order valence-electron chi connectivity index (χ1n) is 7.76.